The Labute approximate surface area is 124 Å². The Morgan fingerprint density at radius 1 is 1.33 bits per heavy atom. The first-order valence-electron chi connectivity index (χ1n) is 6.33. The molecule has 0 fully saturated rings. The predicted molar refractivity (Wildman–Crippen MR) is 81.2 cm³/mol. The molecule has 106 valence electrons. The summed E-state index contributed by atoms with van der Waals surface area (Å²) >= 11 is 1.11. The molecular weight excluding hydrogens is 288 g/mol. The average molecular weight is 300 g/mol. The van der Waals surface area contributed by atoms with Crippen molar-refractivity contribution in [2.45, 2.75) is 6.42 Å². The van der Waals surface area contributed by atoms with Crippen LogP contribution in [0.2, 0.25) is 0 Å². The second-order valence-electron chi connectivity index (χ2n) is 4.44. The molecule has 21 heavy (non-hydrogen) atoms. The van der Waals surface area contributed by atoms with Gasteiger partial charge in [0.15, 0.2) is 0 Å². The van der Waals surface area contributed by atoms with Gasteiger partial charge in [-0.05, 0) is 11.5 Å². The summed E-state index contributed by atoms with van der Waals surface area (Å²) < 4.78 is 4.79. The average Bonchev–Trinajstić information content (AvgIpc) is 2.92. The van der Waals surface area contributed by atoms with Crippen LogP contribution in [0.25, 0.3) is 21.5 Å². The van der Waals surface area contributed by atoms with E-state index in [4.69, 9.17) is 0 Å². The zero-order valence-corrected chi connectivity index (χ0v) is 12.0. The largest absolute Gasteiger partial charge is 0.359 e. The topological polar surface area (TPSA) is 87.7 Å². The summed E-state index contributed by atoms with van der Waals surface area (Å²) in [5, 5.41) is 2.51. The summed E-state index contributed by atoms with van der Waals surface area (Å²) in [7, 11) is 1.54. The molecule has 3 rings (SSSR count). The van der Waals surface area contributed by atoms with Crippen LogP contribution in [0.4, 0.5) is 0 Å². The SMILES string of the molecule is CNC(=O)Cc1nc2c(-c3ccccc3)nsc2c(=O)[nH]1. The number of fused-ring (bicyclic) bond motifs is 1. The van der Waals surface area contributed by atoms with Gasteiger partial charge >= 0.3 is 0 Å². The molecule has 1 aromatic carbocycles. The van der Waals surface area contributed by atoms with Crippen LogP contribution in [-0.2, 0) is 11.2 Å². The first kappa shape index (κ1) is 13.4. The van der Waals surface area contributed by atoms with Gasteiger partial charge in [0.1, 0.15) is 21.7 Å². The van der Waals surface area contributed by atoms with Crippen molar-refractivity contribution in [3.63, 3.8) is 0 Å². The lowest BCUT2D eigenvalue weighted by Gasteiger charge is -2.01. The van der Waals surface area contributed by atoms with Crippen LogP contribution < -0.4 is 10.9 Å². The number of aromatic amines is 1. The third-order valence-electron chi connectivity index (χ3n) is 3.03. The molecule has 1 amide bonds. The maximum Gasteiger partial charge on any atom is 0.270 e. The number of rotatable bonds is 3. The fourth-order valence-electron chi connectivity index (χ4n) is 2.00. The number of benzene rings is 1. The Morgan fingerprint density at radius 3 is 2.81 bits per heavy atom. The molecule has 0 atom stereocenters. The number of carbonyl (C=O) groups is 1. The minimum absolute atomic E-state index is 0.0335. The van der Waals surface area contributed by atoms with Crippen molar-refractivity contribution in [2.24, 2.45) is 0 Å². The molecule has 3 aromatic rings. The van der Waals surface area contributed by atoms with Gasteiger partial charge in [-0.2, -0.15) is 4.37 Å². The standard InChI is InChI=1S/C14H12N4O2S/c1-15-10(19)7-9-16-12-11(8-5-3-2-4-6-8)18-21-13(12)14(20)17-9/h2-6H,7H2,1H3,(H,15,19)(H,16,17,20). The first-order chi connectivity index (χ1) is 10.2. The fourth-order valence-corrected chi connectivity index (χ4v) is 2.74. The summed E-state index contributed by atoms with van der Waals surface area (Å²) in [5.41, 5.74) is 1.83. The van der Waals surface area contributed by atoms with Crippen molar-refractivity contribution in [2.75, 3.05) is 7.05 Å². The summed E-state index contributed by atoms with van der Waals surface area (Å²) in [5.74, 6) is 0.131. The van der Waals surface area contributed by atoms with E-state index in [1.54, 1.807) is 7.05 Å². The summed E-state index contributed by atoms with van der Waals surface area (Å²) in [6.07, 6.45) is 0.0335. The van der Waals surface area contributed by atoms with Crippen molar-refractivity contribution < 1.29 is 4.79 Å². The van der Waals surface area contributed by atoms with E-state index < -0.39 is 0 Å². The molecule has 0 saturated carbocycles. The zero-order valence-electron chi connectivity index (χ0n) is 11.2. The molecule has 2 heterocycles. The van der Waals surface area contributed by atoms with E-state index in [0.29, 0.717) is 21.7 Å². The van der Waals surface area contributed by atoms with Gasteiger partial charge in [-0.15, -0.1) is 0 Å². The Kier molecular flexibility index (Phi) is 3.49. The third kappa shape index (κ3) is 2.55. The van der Waals surface area contributed by atoms with Crippen molar-refractivity contribution >= 4 is 27.7 Å². The Hall–Kier alpha value is -2.54. The van der Waals surface area contributed by atoms with Crippen molar-refractivity contribution in [3.05, 3.63) is 46.5 Å². The van der Waals surface area contributed by atoms with Gasteiger partial charge in [-0.3, -0.25) is 9.59 Å². The first-order valence-corrected chi connectivity index (χ1v) is 7.11. The molecule has 0 radical (unpaired) electrons. The van der Waals surface area contributed by atoms with Crippen molar-refractivity contribution in [3.8, 4) is 11.3 Å². The minimum Gasteiger partial charge on any atom is -0.359 e. The van der Waals surface area contributed by atoms with E-state index >= 15 is 0 Å². The molecule has 0 bridgehead atoms. The number of aromatic nitrogens is 3. The third-order valence-corrected chi connectivity index (χ3v) is 3.87. The van der Waals surface area contributed by atoms with E-state index in [1.165, 1.54) is 0 Å². The number of nitrogens with zero attached hydrogens (tertiary/aromatic N) is 2. The lowest BCUT2D eigenvalue weighted by Crippen LogP contribution is -2.23. The fraction of sp³-hybridized carbons (Fsp3) is 0.143. The van der Waals surface area contributed by atoms with E-state index in [0.717, 1.165) is 17.1 Å². The van der Waals surface area contributed by atoms with Crippen LogP contribution in [0.3, 0.4) is 0 Å². The lowest BCUT2D eigenvalue weighted by molar-refractivity contribution is -0.120. The highest BCUT2D eigenvalue weighted by Gasteiger charge is 2.15. The molecule has 0 saturated heterocycles. The number of H-pyrrole nitrogens is 1. The zero-order chi connectivity index (χ0) is 14.8. The second kappa shape index (κ2) is 5.45. The van der Waals surface area contributed by atoms with Crippen LogP contribution >= 0.6 is 11.5 Å². The monoisotopic (exact) mass is 300 g/mol. The number of hydrogen-bond acceptors (Lipinski definition) is 5. The normalized spacial score (nSPS) is 10.7. The molecule has 7 heteroatoms. The number of carbonyl (C=O) groups excluding carboxylic acids is 1. The van der Waals surface area contributed by atoms with Gasteiger partial charge in [0.05, 0.1) is 6.42 Å². The van der Waals surface area contributed by atoms with Crippen LogP contribution in [0.5, 0.6) is 0 Å². The Morgan fingerprint density at radius 2 is 2.10 bits per heavy atom. The van der Waals surface area contributed by atoms with E-state index in [1.807, 2.05) is 30.3 Å². The van der Waals surface area contributed by atoms with E-state index in [9.17, 15) is 9.59 Å². The van der Waals surface area contributed by atoms with Gasteiger partial charge < -0.3 is 10.3 Å². The quantitative estimate of drug-likeness (QED) is 0.764. The van der Waals surface area contributed by atoms with Gasteiger partial charge in [0.25, 0.3) is 5.56 Å². The van der Waals surface area contributed by atoms with E-state index in [-0.39, 0.29) is 17.9 Å². The van der Waals surface area contributed by atoms with Gasteiger partial charge in [0.2, 0.25) is 5.91 Å². The highest BCUT2D eigenvalue weighted by Crippen LogP contribution is 2.27. The number of amides is 1. The van der Waals surface area contributed by atoms with Gasteiger partial charge in [-0.1, -0.05) is 30.3 Å². The second-order valence-corrected chi connectivity index (χ2v) is 5.21. The summed E-state index contributed by atoms with van der Waals surface area (Å²) in [6.45, 7) is 0. The van der Waals surface area contributed by atoms with Crippen LogP contribution in [0.1, 0.15) is 5.82 Å². The molecular formula is C14H12N4O2S. The summed E-state index contributed by atoms with van der Waals surface area (Å²) in [4.78, 5) is 30.5. The number of hydrogen-bond donors (Lipinski definition) is 2. The molecule has 0 aliphatic heterocycles. The summed E-state index contributed by atoms with van der Waals surface area (Å²) in [6, 6.07) is 9.54. The number of nitrogens with one attached hydrogen (secondary N) is 2. The molecule has 0 spiro atoms. The van der Waals surface area contributed by atoms with Crippen molar-refractivity contribution in [1.82, 2.24) is 19.7 Å². The Balaban J connectivity index is 2.16. The smallest absolute Gasteiger partial charge is 0.270 e. The maximum atomic E-state index is 12.1. The van der Waals surface area contributed by atoms with Crippen LogP contribution in [0.15, 0.2) is 35.1 Å². The van der Waals surface area contributed by atoms with Crippen LogP contribution in [-0.4, -0.2) is 27.3 Å². The highest BCUT2D eigenvalue weighted by atomic mass is 32.1. The minimum atomic E-state index is -0.265. The van der Waals surface area contributed by atoms with Crippen LogP contribution in [0, 0.1) is 0 Å². The van der Waals surface area contributed by atoms with E-state index in [2.05, 4.69) is 19.7 Å². The van der Waals surface area contributed by atoms with Gasteiger partial charge in [-0.25, -0.2) is 4.98 Å². The molecule has 6 nitrogen and oxygen atoms in total. The predicted octanol–water partition coefficient (Wildman–Crippen LogP) is 1.34. The van der Waals surface area contributed by atoms with Gasteiger partial charge in [0, 0.05) is 12.6 Å². The number of likely N-dealkylation sites (N-methyl/N-ethyl adjacent to an activating group) is 1. The maximum absolute atomic E-state index is 12.1. The molecule has 2 aromatic heterocycles. The highest BCUT2D eigenvalue weighted by molar-refractivity contribution is 7.13. The Bertz CT molecular complexity index is 854. The lowest BCUT2D eigenvalue weighted by atomic mass is 10.1. The molecule has 2 N–H and O–H groups in total. The molecule has 0 aliphatic carbocycles. The molecule has 0 aliphatic rings. The molecule has 0 unspecified atom stereocenters. The van der Waals surface area contributed by atoms with Crippen molar-refractivity contribution in [1.29, 1.82) is 0 Å².